The molecule has 128 valence electrons. The summed E-state index contributed by atoms with van der Waals surface area (Å²) in [6.45, 7) is 4.45. The minimum absolute atomic E-state index is 0.0651. The van der Waals surface area contributed by atoms with E-state index in [0.717, 1.165) is 49.9 Å². The van der Waals surface area contributed by atoms with Crippen LogP contribution >= 0.6 is 11.3 Å². The van der Waals surface area contributed by atoms with Gasteiger partial charge < -0.3 is 14.2 Å². The zero-order valence-electron chi connectivity index (χ0n) is 13.4. The second kappa shape index (κ2) is 7.00. The highest BCUT2D eigenvalue weighted by Gasteiger charge is 2.35. The molecular formula is C16H20N4O3S. The molecule has 2 aromatic heterocycles. The van der Waals surface area contributed by atoms with Crippen LogP contribution in [0.4, 0.5) is 0 Å². The maximum atomic E-state index is 12.8. The van der Waals surface area contributed by atoms with Gasteiger partial charge in [-0.25, -0.2) is 4.98 Å². The van der Waals surface area contributed by atoms with Crippen LogP contribution in [0.5, 0.6) is 0 Å². The molecular weight excluding hydrogens is 328 g/mol. The first-order valence-corrected chi connectivity index (χ1v) is 9.12. The second-order valence-corrected chi connectivity index (χ2v) is 7.14. The Bertz CT molecular complexity index is 677. The highest BCUT2D eigenvalue weighted by atomic mass is 32.1. The van der Waals surface area contributed by atoms with Gasteiger partial charge in [-0.1, -0.05) is 5.16 Å². The van der Waals surface area contributed by atoms with Crippen molar-refractivity contribution < 1.29 is 14.1 Å². The molecule has 2 fully saturated rings. The van der Waals surface area contributed by atoms with Crippen LogP contribution < -0.4 is 0 Å². The van der Waals surface area contributed by atoms with E-state index in [4.69, 9.17) is 9.26 Å². The van der Waals surface area contributed by atoms with E-state index in [1.165, 1.54) is 0 Å². The number of morpholine rings is 1. The minimum Gasteiger partial charge on any atom is -0.379 e. The van der Waals surface area contributed by atoms with Gasteiger partial charge in [0.2, 0.25) is 0 Å². The number of nitrogens with zero attached hydrogens (tertiary/aromatic N) is 4. The topological polar surface area (TPSA) is 71.7 Å². The largest absolute Gasteiger partial charge is 0.379 e. The van der Waals surface area contributed by atoms with Crippen molar-refractivity contribution in [1.29, 1.82) is 0 Å². The summed E-state index contributed by atoms with van der Waals surface area (Å²) < 4.78 is 10.7. The number of hydrogen-bond donors (Lipinski definition) is 0. The Morgan fingerprint density at radius 1 is 1.38 bits per heavy atom. The Morgan fingerprint density at radius 2 is 2.21 bits per heavy atom. The molecule has 7 nitrogen and oxygen atoms in total. The van der Waals surface area contributed by atoms with Crippen LogP contribution in [0.1, 0.15) is 34.1 Å². The van der Waals surface area contributed by atoms with Crippen LogP contribution in [0.2, 0.25) is 0 Å². The number of aromatic nitrogens is 2. The maximum Gasteiger partial charge on any atom is 0.276 e. The lowest BCUT2D eigenvalue weighted by molar-refractivity contribution is 0.0305. The van der Waals surface area contributed by atoms with Crippen LogP contribution in [0.15, 0.2) is 22.2 Å². The van der Waals surface area contributed by atoms with Crippen LogP contribution in [0.3, 0.4) is 0 Å². The summed E-state index contributed by atoms with van der Waals surface area (Å²) in [5, 5.41) is 6.88. The first-order chi connectivity index (χ1) is 11.8. The first-order valence-electron chi connectivity index (χ1n) is 8.24. The minimum atomic E-state index is -0.0651. The molecule has 2 aliphatic rings. The molecule has 0 aromatic carbocycles. The van der Waals surface area contributed by atoms with Gasteiger partial charge >= 0.3 is 0 Å². The van der Waals surface area contributed by atoms with Crippen molar-refractivity contribution in [3.05, 3.63) is 34.1 Å². The molecule has 0 N–H and O–H groups in total. The van der Waals surface area contributed by atoms with Crippen molar-refractivity contribution in [2.24, 2.45) is 0 Å². The fourth-order valence-corrected chi connectivity index (χ4v) is 3.46. The van der Waals surface area contributed by atoms with Crippen molar-refractivity contribution in [2.75, 3.05) is 26.3 Å². The maximum absolute atomic E-state index is 12.8. The number of rotatable bonds is 6. The van der Waals surface area contributed by atoms with Crippen LogP contribution in [0, 0.1) is 0 Å². The van der Waals surface area contributed by atoms with E-state index < -0.39 is 0 Å². The van der Waals surface area contributed by atoms with E-state index in [0.29, 0.717) is 24.8 Å². The summed E-state index contributed by atoms with van der Waals surface area (Å²) in [5.41, 5.74) is 0.390. The molecule has 1 saturated heterocycles. The van der Waals surface area contributed by atoms with Gasteiger partial charge in [0.15, 0.2) is 11.5 Å². The zero-order chi connectivity index (χ0) is 16.4. The van der Waals surface area contributed by atoms with Gasteiger partial charge in [0.25, 0.3) is 5.91 Å². The monoisotopic (exact) mass is 348 g/mol. The predicted octanol–water partition coefficient (Wildman–Crippen LogP) is 1.77. The molecule has 24 heavy (non-hydrogen) atoms. The second-order valence-electron chi connectivity index (χ2n) is 6.16. The van der Waals surface area contributed by atoms with Gasteiger partial charge in [0, 0.05) is 36.8 Å². The van der Waals surface area contributed by atoms with Crippen molar-refractivity contribution in [3.8, 4) is 0 Å². The molecule has 2 aromatic rings. The SMILES string of the molecule is O=C(c1cc(CN2CCOCC2)on1)N(Cc1nccs1)C1CC1. The molecule has 0 bridgehead atoms. The molecule has 1 aliphatic carbocycles. The third-order valence-electron chi connectivity index (χ3n) is 4.30. The fraction of sp³-hybridized carbons (Fsp3) is 0.562. The highest BCUT2D eigenvalue weighted by Crippen LogP contribution is 2.30. The van der Waals surface area contributed by atoms with Gasteiger partial charge in [0.05, 0.1) is 26.3 Å². The molecule has 8 heteroatoms. The number of carbonyl (C=O) groups excluding carboxylic acids is 1. The van der Waals surface area contributed by atoms with Crippen LogP contribution in [-0.2, 0) is 17.8 Å². The molecule has 1 aliphatic heterocycles. The Labute approximate surface area is 144 Å². The Balaban J connectivity index is 1.42. The van der Waals surface area contributed by atoms with E-state index in [-0.39, 0.29) is 5.91 Å². The van der Waals surface area contributed by atoms with E-state index in [1.54, 1.807) is 23.6 Å². The fourth-order valence-electron chi connectivity index (χ4n) is 2.84. The van der Waals surface area contributed by atoms with E-state index in [1.807, 2.05) is 10.3 Å². The average Bonchev–Trinajstić information content (AvgIpc) is 3.11. The van der Waals surface area contributed by atoms with Crippen molar-refractivity contribution in [3.63, 3.8) is 0 Å². The summed E-state index contributed by atoms with van der Waals surface area (Å²) in [5.74, 6) is 0.662. The zero-order valence-corrected chi connectivity index (χ0v) is 14.2. The normalized spacial score (nSPS) is 18.7. The predicted molar refractivity (Wildman–Crippen MR) is 87.6 cm³/mol. The molecule has 0 radical (unpaired) electrons. The van der Waals surface area contributed by atoms with Crippen molar-refractivity contribution in [2.45, 2.75) is 32.0 Å². The standard InChI is InChI=1S/C16H20N4O3S/c21-16(20(12-1-2-12)11-15-17-3-8-24-15)14-9-13(23-18-14)10-19-4-6-22-7-5-19/h3,8-9,12H,1-2,4-7,10-11H2. The smallest absolute Gasteiger partial charge is 0.276 e. The first kappa shape index (κ1) is 15.7. The van der Waals surface area contributed by atoms with Crippen molar-refractivity contribution in [1.82, 2.24) is 19.9 Å². The molecule has 0 spiro atoms. The van der Waals surface area contributed by atoms with E-state index in [9.17, 15) is 4.79 Å². The van der Waals surface area contributed by atoms with Crippen LogP contribution in [-0.4, -0.2) is 58.2 Å². The van der Waals surface area contributed by atoms with Crippen LogP contribution in [0.25, 0.3) is 0 Å². The lowest BCUT2D eigenvalue weighted by atomic mass is 10.3. The highest BCUT2D eigenvalue weighted by molar-refractivity contribution is 7.09. The molecule has 4 rings (SSSR count). The number of ether oxygens (including phenoxy) is 1. The number of thiazole rings is 1. The Hall–Kier alpha value is -1.77. The number of hydrogen-bond acceptors (Lipinski definition) is 7. The summed E-state index contributed by atoms with van der Waals surface area (Å²) in [7, 11) is 0. The Kier molecular flexibility index (Phi) is 4.59. The summed E-state index contributed by atoms with van der Waals surface area (Å²) >= 11 is 1.57. The third kappa shape index (κ3) is 3.66. The van der Waals surface area contributed by atoms with E-state index >= 15 is 0 Å². The van der Waals surface area contributed by atoms with E-state index in [2.05, 4.69) is 15.0 Å². The lowest BCUT2D eigenvalue weighted by Crippen LogP contribution is -2.35. The van der Waals surface area contributed by atoms with Gasteiger partial charge in [-0.2, -0.15) is 0 Å². The van der Waals surface area contributed by atoms with Crippen molar-refractivity contribution >= 4 is 17.2 Å². The molecule has 0 unspecified atom stereocenters. The molecule has 0 atom stereocenters. The lowest BCUT2D eigenvalue weighted by Gasteiger charge is -2.25. The number of carbonyl (C=O) groups is 1. The quantitative estimate of drug-likeness (QED) is 0.792. The summed E-state index contributed by atoms with van der Waals surface area (Å²) in [6, 6.07) is 2.08. The molecule has 1 saturated carbocycles. The third-order valence-corrected chi connectivity index (χ3v) is 5.06. The summed E-state index contributed by atoms with van der Waals surface area (Å²) in [4.78, 5) is 21.2. The molecule has 1 amide bonds. The number of amides is 1. The average molecular weight is 348 g/mol. The molecule has 3 heterocycles. The van der Waals surface area contributed by atoms with Gasteiger partial charge in [0.1, 0.15) is 5.01 Å². The van der Waals surface area contributed by atoms with Gasteiger partial charge in [-0.3, -0.25) is 9.69 Å². The summed E-state index contributed by atoms with van der Waals surface area (Å²) in [6.07, 6.45) is 3.87. The Morgan fingerprint density at radius 3 is 2.92 bits per heavy atom. The van der Waals surface area contributed by atoms with Gasteiger partial charge in [-0.05, 0) is 12.8 Å². The van der Waals surface area contributed by atoms with Gasteiger partial charge in [-0.15, -0.1) is 11.3 Å².